The number of ether oxygens (including phenoxy) is 2. The maximum Gasteiger partial charge on any atom is 0.273 e. The smallest absolute Gasteiger partial charge is 0.273 e. The van der Waals surface area contributed by atoms with Gasteiger partial charge in [-0.2, -0.15) is 0 Å². The van der Waals surface area contributed by atoms with Gasteiger partial charge >= 0.3 is 0 Å². The first-order chi connectivity index (χ1) is 17.6. The number of hydrogen-bond donors (Lipinski definition) is 1. The van der Waals surface area contributed by atoms with Crippen LogP contribution < -0.4 is 14.8 Å². The normalized spacial score (nSPS) is 11.8. The van der Waals surface area contributed by atoms with E-state index < -0.39 is 0 Å². The Bertz CT molecular complexity index is 1260. The van der Waals surface area contributed by atoms with Gasteiger partial charge in [0.2, 0.25) is 5.89 Å². The molecule has 1 atom stereocenters. The number of oxazole rings is 1. The summed E-state index contributed by atoms with van der Waals surface area (Å²) in [7, 11) is 3.30. The quantitative estimate of drug-likeness (QED) is 0.307. The molecule has 0 saturated heterocycles. The zero-order valence-corrected chi connectivity index (χ0v) is 20.8. The molecule has 0 fully saturated rings. The van der Waals surface area contributed by atoms with Gasteiger partial charge in [0, 0.05) is 18.7 Å². The van der Waals surface area contributed by atoms with Crippen LogP contribution >= 0.6 is 0 Å². The minimum absolute atomic E-state index is 0.144. The minimum atomic E-state index is -0.273. The van der Waals surface area contributed by atoms with Crippen molar-refractivity contribution in [1.29, 1.82) is 0 Å². The highest BCUT2D eigenvalue weighted by Crippen LogP contribution is 2.26. The van der Waals surface area contributed by atoms with Crippen molar-refractivity contribution >= 4 is 5.91 Å². The largest absolute Gasteiger partial charge is 0.497 e. The van der Waals surface area contributed by atoms with Crippen LogP contribution in [0.1, 0.15) is 46.0 Å². The maximum absolute atomic E-state index is 12.8. The lowest BCUT2D eigenvalue weighted by atomic mass is 10.1. The number of nitrogens with one attached hydrogen (secondary N) is 1. The molecule has 4 aromatic rings. The van der Waals surface area contributed by atoms with Crippen LogP contribution in [0.4, 0.5) is 0 Å². The molecule has 0 aliphatic carbocycles. The molecular formula is C29H31N3O4. The number of methoxy groups -OCH3 is 2. The molecule has 186 valence electrons. The van der Waals surface area contributed by atoms with E-state index in [-0.39, 0.29) is 17.6 Å². The van der Waals surface area contributed by atoms with Crippen molar-refractivity contribution in [3.63, 3.8) is 0 Å². The van der Waals surface area contributed by atoms with Crippen LogP contribution in [0, 0.1) is 0 Å². The average molecular weight is 486 g/mol. The molecule has 36 heavy (non-hydrogen) atoms. The van der Waals surface area contributed by atoms with Gasteiger partial charge in [0.15, 0.2) is 5.69 Å². The van der Waals surface area contributed by atoms with Gasteiger partial charge in [-0.05, 0) is 36.2 Å². The number of aromatic nitrogens is 1. The molecule has 1 amide bonds. The zero-order chi connectivity index (χ0) is 25.3. The van der Waals surface area contributed by atoms with Crippen LogP contribution in [0.3, 0.4) is 0 Å². The topological polar surface area (TPSA) is 76.8 Å². The summed E-state index contributed by atoms with van der Waals surface area (Å²) in [6.45, 7) is 3.59. The standard InChI is InChI=1S/C29H31N3O4/c1-21(23-12-8-5-9-13-23)30-29(33)26-20-36-28(31-26)19-32(17-22-10-6-4-7-11-22)18-24-16-25(34-2)14-15-27(24)35-3/h4-16,20-21H,17-19H2,1-3H3,(H,30,33). The van der Waals surface area contributed by atoms with E-state index in [4.69, 9.17) is 13.9 Å². The van der Waals surface area contributed by atoms with Gasteiger partial charge in [-0.25, -0.2) is 4.98 Å². The molecule has 1 heterocycles. The summed E-state index contributed by atoms with van der Waals surface area (Å²) in [5.41, 5.74) is 3.41. The first-order valence-corrected chi connectivity index (χ1v) is 11.8. The second-order valence-electron chi connectivity index (χ2n) is 8.54. The Balaban J connectivity index is 1.50. The molecular weight excluding hydrogens is 454 g/mol. The number of hydrogen-bond acceptors (Lipinski definition) is 6. The molecule has 0 bridgehead atoms. The fourth-order valence-electron chi connectivity index (χ4n) is 4.03. The van der Waals surface area contributed by atoms with Gasteiger partial charge in [-0.1, -0.05) is 60.7 Å². The zero-order valence-electron chi connectivity index (χ0n) is 20.8. The second-order valence-corrected chi connectivity index (χ2v) is 8.54. The van der Waals surface area contributed by atoms with Gasteiger partial charge in [-0.15, -0.1) is 0 Å². The SMILES string of the molecule is COc1ccc(OC)c(CN(Cc2ccccc2)Cc2nc(C(=O)NC(C)c3ccccc3)co2)c1. The lowest BCUT2D eigenvalue weighted by Gasteiger charge is -2.22. The fraction of sp³-hybridized carbons (Fsp3) is 0.241. The number of benzene rings is 3. The number of carbonyl (C=O) groups is 1. The second kappa shape index (κ2) is 12.0. The van der Waals surface area contributed by atoms with Crippen LogP contribution in [0.2, 0.25) is 0 Å². The summed E-state index contributed by atoms with van der Waals surface area (Å²) < 4.78 is 16.7. The Kier molecular flexibility index (Phi) is 8.36. The van der Waals surface area contributed by atoms with Crippen LogP contribution in [0.25, 0.3) is 0 Å². The third-order valence-corrected chi connectivity index (χ3v) is 5.92. The highest BCUT2D eigenvalue weighted by Gasteiger charge is 2.19. The maximum atomic E-state index is 12.8. The number of nitrogens with zero attached hydrogens (tertiary/aromatic N) is 2. The molecule has 1 aromatic heterocycles. The summed E-state index contributed by atoms with van der Waals surface area (Å²) in [6, 6.07) is 25.6. The first-order valence-electron chi connectivity index (χ1n) is 11.8. The molecule has 0 spiro atoms. The third kappa shape index (κ3) is 6.52. The molecule has 4 rings (SSSR count). The molecule has 0 aliphatic heterocycles. The lowest BCUT2D eigenvalue weighted by Crippen LogP contribution is -2.27. The van der Waals surface area contributed by atoms with Gasteiger partial charge in [0.05, 0.1) is 26.8 Å². The van der Waals surface area contributed by atoms with E-state index in [1.807, 2.05) is 73.7 Å². The predicted molar refractivity (Wildman–Crippen MR) is 138 cm³/mol. The van der Waals surface area contributed by atoms with Crippen molar-refractivity contribution in [1.82, 2.24) is 15.2 Å². The van der Waals surface area contributed by atoms with E-state index in [9.17, 15) is 4.79 Å². The molecule has 7 nitrogen and oxygen atoms in total. The van der Waals surface area contributed by atoms with E-state index in [0.717, 1.165) is 28.2 Å². The number of rotatable bonds is 11. The van der Waals surface area contributed by atoms with Crippen molar-refractivity contribution in [3.05, 3.63) is 113 Å². The van der Waals surface area contributed by atoms with Crippen LogP contribution in [0.5, 0.6) is 11.5 Å². The Hall–Kier alpha value is -4.10. The van der Waals surface area contributed by atoms with Gasteiger partial charge in [0.1, 0.15) is 17.8 Å². The first kappa shape index (κ1) is 25.0. The van der Waals surface area contributed by atoms with E-state index in [1.165, 1.54) is 6.26 Å². The van der Waals surface area contributed by atoms with E-state index in [2.05, 4.69) is 27.3 Å². The molecule has 1 N–H and O–H groups in total. The molecule has 7 heteroatoms. The summed E-state index contributed by atoms with van der Waals surface area (Å²) >= 11 is 0. The van der Waals surface area contributed by atoms with Crippen LogP contribution in [-0.4, -0.2) is 30.0 Å². The predicted octanol–water partition coefficient (Wildman–Crippen LogP) is 5.39. The van der Waals surface area contributed by atoms with Crippen molar-refractivity contribution in [3.8, 4) is 11.5 Å². The molecule has 0 radical (unpaired) electrons. The Labute approximate surface area is 211 Å². The summed E-state index contributed by atoms with van der Waals surface area (Å²) in [5.74, 6) is 1.72. The Morgan fingerprint density at radius 1 is 0.944 bits per heavy atom. The molecule has 1 unspecified atom stereocenters. The van der Waals surface area contributed by atoms with Crippen molar-refractivity contribution in [2.45, 2.75) is 32.6 Å². The van der Waals surface area contributed by atoms with Crippen LogP contribution in [-0.2, 0) is 19.6 Å². The van der Waals surface area contributed by atoms with E-state index in [1.54, 1.807) is 14.2 Å². The minimum Gasteiger partial charge on any atom is -0.497 e. The van der Waals surface area contributed by atoms with E-state index in [0.29, 0.717) is 25.5 Å². The summed E-state index contributed by atoms with van der Waals surface area (Å²) in [5, 5.41) is 2.98. The van der Waals surface area contributed by atoms with Gasteiger partial charge in [-0.3, -0.25) is 9.69 Å². The van der Waals surface area contributed by atoms with Gasteiger partial charge < -0.3 is 19.2 Å². The molecule has 3 aromatic carbocycles. The summed E-state index contributed by atoms with van der Waals surface area (Å²) in [6.07, 6.45) is 1.41. The number of amides is 1. The average Bonchev–Trinajstić information content (AvgIpc) is 3.38. The molecule has 0 saturated carbocycles. The third-order valence-electron chi connectivity index (χ3n) is 5.92. The highest BCUT2D eigenvalue weighted by atomic mass is 16.5. The number of carbonyl (C=O) groups excluding carboxylic acids is 1. The Morgan fingerprint density at radius 2 is 1.67 bits per heavy atom. The highest BCUT2D eigenvalue weighted by molar-refractivity contribution is 5.92. The Morgan fingerprint density at radius 3 is 2.36 bits per heavy atom. The summed E-state index contributed by atoms with van der Waals surface area (Å²) in [4.78, 5) is 19.5. The molecule has 0 aliphatic rings. The fourth-order valence-corrected chi connectivity index (χ4v) is 4.03. The van der Waals surface area contributed by atoms with Crippen molar-refractivity contribution in [2.24, 2.45) is 0 Å². The van der Waals surface area contributed by atoms with Gasteiger partial charge in [0.25, 0.3) is 5.91 Å². The van der Waals surface area contributed by atoms with Crippen LogP contribution in [0.15, 0.2) is 89.5 Å². The van der Waals surface area contributed by atoms with E-state index >= 15 is 0 Å². The lowest BCUT2D eigenvalue weighted by molar-refractivity contribution is 0.0934. The van der Waals surface area contributed by atoms with Crippen molar-refractivity contribution in [2.75, 3.05) is 14.2 Å². The van der Waals surface area contributed by atoms with Crippen molar-refractivity contribution < 1.29 is 18.7 Å². The monoisotopic (exact) mass is 485 g/mol.